The molecule has 6 nitrogen and oxygen atoms in total. The Morgan fingerprint density at radius 3 is 2.39 bits per heavy atom. The molecule has 146 valence electrons. The predicted octanol–water partition coefficient (Wildman–Crippen LogP) is 2.69. The molecule has 0 spiro atoms. The first-order chi connectivity index (χ1) is 13.5. The molecule has 1 saturated heterocycles. The molecule has 1 aliphatic heterocycles. The Balaban J connectivity index is 1.33. The molecule has 0 saturated carbocycles. The van der Waals surface area contributed by atoms with Gasteiger partial charge in [-0.25, -0.2) is 9.18 Å². The summed E-state index contributed by atoms with van der Waals surface area (Å²) in [6, 6.07) is 10.8. The Bertz CT molecular complexity index is 892. The number of rotatable bonds is 2. The molecule has 4 rings (SSSR count). The molecular formula is C21H22FN3O3. The Kier molecular flexibility index (Phi) is 4.90. The molecule has 2 aromatic rings. The Hall–Kier alpha value is -3.09. The Morgan fingerprint density at radius 1 is 1.00 bits per heavy atom. The molecule has 0 aromatic heterocycles. The van der Waals surface area contributed by atoms with E-state index in [1.807, 2.05) is 6.07 Å². The average Bonchev–Trinajstić information content (AvgIpc) is 3.12. The minimum Gasteiger partial charge on any atom is -0.508 e. The minimum absolute atomic E-state index is 0.111. The van der Waals surface area contributed by atoms with Crippen molar-refractivity contribution in [2.24, 2.45) is 0 Å². The molecule has 1 unspecified atom stereocenters. The SMILES string of the molecule is O=C(NC1CCc2c(F)cccc21)N1CCN(C(=O)c2ccc(O)cc2)CC1. The summed E-state index contributed by atoms with van der Waals surface area (Å²) in [5, 5.41) is 12.3. The summed E-state index contributed by atoms with van der Waals surface area (Å²) in [6.45, 7) is 1.78. The van der Waals surface area contributed by atoms with Gasteiger partial charge in [0.05, 0.1) is 6.04 Å². The maximum absolute atomic E-state index is 13.9. The van der Waals surface area contributed by atoms with Crippen molar-refractivity contribution in [3.8, 4) is 5.75 Å². The largest absolute Gasteiger partial charge is 0.508 e. The summed E-state index contributed by atoms with van der Waals surface area (Å²) in [7, 11) is 0. The molecule has 1 fully saturated rings. The summed E-state index contributed by atoms with van der Waals surface area (Å²) in [5.41, 5.74) is 2.06. The second-order valence-corrected chi connectivity index (χ2v) is 7.17. The van der Waals surface area contributed by atoms with Crippen molar-refractivity contribution in [2.75, 3.05) is 26.2 Å². The third kappa shape index (κ3) is 3.52. The molecule has 1 heterocycles. The van der Waals surface area contributed by atoms with Gasteiger partial charge in [-0.1, -0.05) is 12.1 Å². The first-order valence-corrected chi connectivity index (χ1v) is 9.44. The zero-order valence-corrected chi connectivity index (χ0v) is 15.4. The van der Waals surface area contributed by atoms with Crippen LogP contribution in [0.5, 0.6) is 5.75 Å². The van der Waals surface area contributed by atoms with Crippen molar-refractivity contribution >= 4 is 11.9 Å². The van der Waals surface area contributed by atoms with Gasteiger partial charge in [0.15, 0.2) is 0 Å². The van der Waals surface area contributed by atoms with Crippen molar-refractivity contribution in [3.63, 3.8) is 0 Å². The third-order valence-electron chi connectivity index (χ3n) is 5.48. The van der Waals surface area contributed by atoms with Crippen LogP contribution in [0.4, 0.5) is 9.18 Å². The highest BCUT2D eigenvalue weighted by Crippen LogP contribution is 2.32. The second-order valence-electron chi connectivity index (χ2n) is 7.17. The number of amides is 3. The van der Waals surface area contributed by atoms with Gasteiger partial charge >= 0.3 is 6.03 Å². The lowest BCUT2D eigenvalue weighted by atomic mass is 10.1. The lowest BCUT2D eigenvalue weighted by molar-refractivity contribution is 0.0663. The minimum atomic E-state index is -0.212. The van der Waals surface area contributed by atoms with Gasteiger partial charge < -0.3 is 20.2 Å². The predicted molar refractivity (Wildman–Crippen MR) is 102 cm³/mol. The van der Waals surface area contributed by atoms with Crippen LogP contribution in [0.25, 0.3) is 0 Å². The fourth-order valence-corrected chi connectivity index (χ4v) is 3.90. The molecule has 0 radical (unpaired) electrons. The van der Waals surface area contributed by atoms with Crippen molar-refractivity contribution in [1.29, 1.82) is 0 Å². The van der Waals surface area contributed by atoms with Crippen molar-refractivity contribution in [1.82, 2.24) is 15.1 Å². The fraction of sp³-hybridized carbons (Fsp3) is 0.333. The van der Waals surface area contributed by atoms with E-state index >= 15 is 0 Å². The fourth-order valence-electron chi connectivity index (χ4n) is 3.90. The van der Waals surface area contributed by atoms with E-state index in [1.54, 1.807) is 28.0 Å². The molecular weight excluding hydrogens is 361 g/mol. The van der Waals surface area contributed by atoms with Gasteiger partial charge in [0.2, 0.25) is 0 Å². The van der Waals surface area contributed by atoms with Crippen LogP contribution in [-0.2, 0) is 6.42 Å². The molecule has 2 aromatic carbocycles. The van der Waals surface area contributed by atoms with E-state index in [2.05, 4.69) is 5.32 Å². The van der Waals surface area contributed by atoms with Crippen LogP contribution in [0.2, 0.25) is 0 Å². The quantitative estimate of drug-likeness (QED) is 0.838. The molecule has 3 amide bonds. The number of piperazine rings is 1. The highest BCUT2D eigenvalue weighted by Gasteiger charge is 2.29. The summed E-state index contributed by atoms with van der Waals surface area (Å²) in [6.07, 6.45) is 1.32. The zero-order chi connectivity index (χ0) is 19.7. The summed E-state index contributed by atoms with van der Waals surface area (Å²) < 4.78 is 13.9. The van der Waals surface area contributed by atoms with Gasteiger partial charge in [-0.15, -0.1) is 0 Å². The normalized spacial score (nSPS) is 18.7. The van der Waals surface area contributed by atoms with Crippen LogP contribution in [-0.4, -0.2) is 53.0 Å². The maximum Gasteiger partial charge on any atom is 0.318 e. The number of nitrogens with one attached hydrogen (secondary N) is 1. The van der Waals surface area contributed by atoms with Gasteiger partial charge in [-0.05, 0) is 54.3 Å². The standard InChI is InChI=1S/C21H22FN3O3/c22-18-3-1-2-17-16(18)8-9-19(17)23-21(28)25-12-10-24(11-13-25)20(27)14-4-6-15(26)7-5-14/h1-7,19,26H,8-13H2,(H,23,28). The van der Waals surface area contributed by atoms with E-state index in [-0.39, 0.29) is 29.5 Å². The molecule has 28 heavy (non-hydrogen) atoms. The number of carbonyl (C=O) groups excluding carboxylic acids is 2. The van der Waals surface area contributed by atoms with Gasteiger partial charge in [-0.3, -0.25) is 4.79 Å². The van der Waals surface area contributed by atoms with Gasteiger partial charge in [0, 0.05) is 31.7 Å². The number of benzene rings is 2. The number of urea groups is 1. The van der Waals surface area contributed by atoms with E-state index in [9.17, 15) is 19.1 Å². The lowest BCUT2D eigenvalue weighted by Gasteiger charge is -2.35. The molecule has 2 N–H and O–H groups in total. The van der Waals surface area contributed by atoms with Gasteiger partial charge in [0.25, 0.3) is 5.91 Å². The van der Waals surface area contributed by atoms with Crippen LogP contribution in [0.15, 0.2) is 42.5 Å². The summed E-state index contributed by atoms with van der Waals surface area (Å²) in [4.78, 5) is 28.5. The van der Waals surface area contributed by atoms with E-state index in [0.29, 0.717) is 50.1 Å². The molecule has 1 atom stereocenters. The van der Waals surface area contributed by atoms with Gasteiger partial charge in [0.1, 0.15) is 11.6 Å². The maximum atomic E-state index is 13.9. The zero-order valence-electron chi connectivity index (χ0n) is 15.4. The monoisotopic (exact) mass is 383 g/mol. The first-order valence-electron chi connectivity index (χ1n) is 9.44. The number of halogens is 1. The van der Waals surface area contributed by atoms with E-state index in [1.165, 1.54) is 18.2 Å². The second kappa shape index (κ2) is 7.50. The highest BCUT2D eigenvalue weighted by atomic mass is 19.1. The number of carbonyl (C=O) groups is 2. The van der Waals surface area contributed by atoms with E-state index in [4.69, 9.17) is 0 Å². The lowest BCUT2D eigenvalue weighted by Crippen LogP contribution is -2.53. The number of nitrogens with zero attached hydrogens (tertiary/aromatic N) is 2. The van der Waals surface area contributed by atoms with E-state index in [0.717, 1.165) is 5.56 Å². The third-order valence-corrected chi connectivity index (χ3v) is 5.48. The molecule has 2 aliphatic rings. The average molecular weight is 383 g/mol. The summed E-state index contributed by atoms with van der Waals surface area (Å²) in [5.74, 6) is -0.206. The first kappa shape index (κ1) is 18.3. The Labute approximate surface area is 162 Å². The number of hydrogen-bond acceptors (Lipinski definition) is 3. The highest BCUT2D eigenvalue weighted by molar-refractivity contribution is 5.94. The van der Waals surface area contributed by atoms with E-state index < -0.39 is 0 Å². The molecule has 7 heteroatoms. The van der Waals surface area contributed by atoms with Crippen LogP contribution in [0.3, 0.4) is 0 Å². The number of aromatic hydroxyl groups is 1. The number of phenols is 1. The molecule has 1 aliphatic carbocycles. The topological polar surface area (TPSA) is 72.9 Å². The number of fused-ring (bicyclic) bond motifs is 1. The van der Waals surface area contributed by atoms with Crippen LogP contribution < -0.4 is 5.32 Å². The van der Waals surface area contributed by atoms with Crippen LogP contribution in [0, 0.1) is 5.82 Å². The number of hydrogen-bond donors (Lipinski definition) is 2. The van der Waals surface area contributed by atoms with Crippen LogP contribution >= 0.6 is 0 Å². The van der Waals surface area contributed by atoms with Crippen molar-refractivity contribution in [2.45, 2.75) is 18.9 Å². The number of phenolic OH excluding ortho intramolecular Hbond substituents is 1. The van der Waals surface area contributed by atoms with Gasteiger partial charge in [-0.2, -0.15) is 0 Å². The van der Waals surface area contributed by atoms with Crippen molar-refractivity contribution in [3.05, 3.63) is 65.0 Å². The summed E-state index contributed by atoms with van der Waals surface area (Å²) >= 11 is 0. The Morgan fingerprint density at radius 2 is 1.68 bits per heavy atom. The molecule has 0 bridgehead atoms. The van der Waals surface area contributed by atoms with Crippen LogP contribution in [0.1, 0.15) is 33.9 Å². The smallest absolute Gasteiger partial charge is 0.318 e. The van der Waals surface area contributed by atoms with Crippen molar-refractivity contribution < 1.29 is 19.1 Å².